The second kappa shape index (κ2) is 6.21. The molecule has 2 aromatic carbocycles. The zero-order valence-corrected chi connectivity index (χ0v) is 14.6. The van der Waals surface area contributed by atoms with Gasteiger partial charge in [0.2, 0.25) is 0 Å². The molecule has 26 heavy (non-hydrogen) atoms. The molecule has 0 aliphatic carbocycles. The van der Waals surface area contributed by atoms with Gasteiger partial charge in [0, 0.05) is 30.1 Å². The van der Waals surface area contributed by atoms with E-state index in [1.165, 1.54) is 0 Å². The van der Waals surface area contributed by atoms with Gasteiger partial charge in [0.1, 0.15) is 11.7 Å². The molecule has 134 valence electrons. The molecule has 6 heteroatoms. The van der Waals surface area contributed by atoms with Gasteiger partial charge >= 0.3 is 0 Å². The van der Waals surface area contributed by atoms with E-state index in [1.54, 1.807) is 16.8 Å². The first-order valence-electron chi connectivity index (χ1n) is 8.70. The van der Waals surface area contributed by atoms with E-state index < -0.39 is 12.1 Å². The zero-order valence-electron chi connectivity index (χ0n) is 14.6. The van der Waals surface area contributed by atoms with Gasteiger partial charge in [-0.05, 0) is 30.2 Å². The Morgan fingerprint density at radius 3 is 2.77 bits per heavy atom. The number of hydrogen-bond acceptors (Lipinski definition) is 3. The van der Waals surface area contributed by atoms with E-state index in [2.05, 4.69) is 17.3 Å². The van der Waals surface area contributed by atoms with E-state index >= 15 is 0 Å². The van der Waals surface area contributed by atoms with Crippen LogP contribution in [-0.4, -0.2) is 34.9 Å². The Labute approximate surface area is 151 Å². The van der Waals surface area contributed by atoms with Gasteiger partial charge in [0.25, 0.3) is 5.91 Å². The molecular formula is C20H21FN4O. The van der Waals surface area contributed by atoms with E-state index in [0.29, 0.717) is 24.0 Å². The monoisotopic (exact) mass is 352 g/mol. The normalized spacial score (nSPS) is 23.2. The van der Waals surface area contributed by atoms with Gasteiger partial charge in [-0.15, -0.1) is 0 Å². The third kappa shape index (κ3) is 2.86. The van der Waals surface area contributed by atoms with Crippen LogP contribution in [-0.2, 0) is 5.41 Å². The fourth-order valence-corrected chi connectivity index (χ4v) is 3.75. The minimum Gasteiger partial charge on any atom is -0.366 e. The Bertz CT molecular complexity index is 966. The summed E-state index contributed by atoms with van der Waals surface area (Å²) in [5, 5.41) is 8.54. The van der Waals surface area contributed by atoms with Crippen molar-refractivity contribution in [2.75, 3.05) is 13.1 Å². The van der Waals surface area contributed by atoms with Gasteiger partial charge in [0.05, 0.1) is 11.3 Å². The number of benzene rings is 2. The molecule has 0 unspecified atom stereocenters. The van der Waals surface area contributed by atoms with E-state index in [4.69, 9.17) is 5.73 Å². The highest BCUT2D eigenvalue weighted by Crippen LogP contribution is 2.32. The first-order chi connectivity index (χ1) is 12.5. The van der Waals surface area contributed by atoms with Crippen LogP contribution in [0, 0.1) is 0 Å². The van der Waals surface area contributed by atoms with E-state index in [1.807, 2.05) is 36.5 Å². The number of nitrogens with zero attached hydrogens (tertiary/aromatic N) is 2. The van der Waals surface area contributed by atoms with E-state index in [-0.39, 0.29) is 5.41 Å². The maximum atomic E-state index is 13.8. The summed E-state index contributed by atoms with van der Waals surface area (Å²) in [6.45, 7) is 3.28. The molecule has 2 heterocycles. The van der Waals surface area contributed by atoms with Gasteiger partial charge < -0.3 is 11.1 Å². The Balaban J connectivity index is 1.68. The first-order valence-corrected chi connectivity index (χ1v) is 8.70. The van der Waals surface area contributed by atoms with Crippen LogP contribution in [0.3, 0.4) is 0 Å². The van der Waals surface area contributed by atoms with E-state index in [9.17, 15) is 9.18 Å². The Morgan fingerprint density at radius 2 is 2.08 bits per heavy atom. The number of nitrogens with one attached hydrogen (secondary N) is 1. The predicted octanol–water partition coefficient (Wildman–Crippen LogP) is 2.71. The summed E-state index contributed by atoms with van der Waals surface area (Å²) < 4.78 is 15.6. The average molecular weight is 352 g/mol. The number of primary amides is 1. The number of carbonyl (C=O) groups is 1. The van der Waals surface area contributed by atoms with Crippen LogP contribution < -0.4 is 11.1 Å². The molecule has 2 atom stereocenters. The van der Waals surface area contributed by atoms with Crippen LogP contribution >= 0.6 is 0 Å². The Hall–Kier alpha value is -2.73. The fourth-order valence-electron chi connectivity index (χ4n) is 3.75. The SMILES string of the molecule is C[C@]1(c2ccc(-n3cc4cccc(C(N)=O)c4n3)cc2)CNC[C@H](F)C1. The number of amides is 1. The summed E-state index contributed by atoms with van der Waals surface area (Å²) in [6, 6.07) is 13.4. The van der Waals surface area contributed by atoms with Crippen molar-refractivity contribution in [2.24, 2.45) is 5.73 Å². The van der Waals surface area contributed by atoms with Crippen molar-refractivity contribution in [3.8, 4) is 5.69 Å². The minimum absolute atomic E-state index is 0.218. The first kappa shape index (κ1) is 16.7. The number of hydrogen-bond donors (Lipinski definition) is 2. The predicted molar refractivity (Wildman–Crippen MR) is 99.3 cm³/mol. The summed E-state index contributed by atoms with van der Waals surface area (Å²) >= 11 is 0. The molecule has 0 bridgehead atoms. The molecule has 1 fully saturated rings. The lowest BCUT2D eigenvalue weighted by Crippen LogP contribution is -2.46. The smallest absolute Gasteiger partial charge is 0.250 e. The highest BCUT2D eigenvalue weighted by atomic mass is 19.1. The Kier molecular flexibility index (Phi) is 4.00. The number of piperidine rings is 1. The van der Waals surface area contributed by atoms with Crippen molar-refractivity contribution >= 4 is 16.8 Å². The summed E-state index contributed by atoms with van der Waals surface area (Å²) in [5.41, 5.74) is 8.20. The van der Waals surface area contributed by atoms with Gasteiger partial charge in [-0.1, -0.05) is 31.2 Å². The quantitative estimate of drug-likeness (QED) is 0.761. The van der Waals surface area contributed by atoms with Gasteiger partial charge in [-0.2, -0.15) is 5.10 Å². The number of fused-ring (bicyclic) bond motifs is 1. The topological polar surface area (TPSA) is 72.9 Å². The molecule has 3 N–H and O–H groups in total. The largest absolute Gasteiger partial charge is 0.366 e. The maximum absolute atomic E-state index is 13.8. The Morgan fingerprint density at radius 1 is 1.31 bits per heavy atom. The van der Waals surface area contributed by atoms with Crippen LogP contribution in [0.5, 0.6) is 0 Å². The van der Waals surface area contributed by atoms with Crippen LogP contribution in [0.1, 0.15) is 29.3 Å². The summed E-state index contributed by atoms with van der Waals surface area (Å²) in [4.78, 5) is 11.6. The minimum atomic E-state index is -0.822. The number of halogens is 1. The number of aromatic nitrogens is 2. The molecule has 1 amide bonds. The van der Waals surface area contributed by atoms with Crippen LogP contribution in [0.2, 0.25) is 0 Å². The zero-order chi connectivity index (χ0) is 18.3. The molecule has 1 aliphatic rings. The average Bonchev–Trinajstić information content (AvgIpc) is 3.05. The van der Waals surface area contributed by atoms with Crippen LogP contribution in [0.4, 0.5) is 4.39 Å². The molecule has 0 radical (unpaired) electrons. The van der Waals surface area contributed by atoms with Crippen molar-refractivity contribution < 1.29 is 9.18 Å². The van der Waals surface area contributed by atoms with Crippen molar-refractivity contribution in [3.63, 3.8) is 0 Å². The van der Waals surface area contributed by atoms with Crippen LogP contribution in [0.25, 0.3) is 16.6 Å². The number of nitrogens with two attached hydrogens (primary N) is 1. The molecule has 3 aromatic rings. The number of rotatable bonds is 3. The lowest BCUT2D eigenvalue weighted by molar-refractivity contribution is 0.100. The molecule has 0 spiro atoms. The number of carbonyl (C=O) groups excluding carboxylic acids is 1. The lowest BCUT2D eigenvalue weighted by Gasteiger charge is -2.36. The van der Waals surface area contributed by atoms with Crippen molar-refractivity contribution in [1.29, 1.82) is 0 Å². The van der Waals surface area contributed by atoms with Crippen molar-refractivity contribution in [3.05, 3.63) is 59.8 Å². The third-order valence-corrected chi connectivity index (χ3v) is 5.18. The fraction of sp³-hybridized carbons (Fsp3) is 0.300. The standard InChI is InChI=1S/C20H21FN4O/c1-20(9-15(21)10-23-12-20)14-5-7-16(8-6-14)25-11-13-3-2-4-17(19(22)26)18(13)24-25/h2-8,11,15,23H,9-10,12H2,1H3,(H2,22,26)/t15-,20-/m1/s1. The summed E-state index contributed by atoms with van der Waals surface area (Å²) in [6.07, 6.45) is 1.57. The second-order valence-electron chi connectivity index (χ2n) is 7.22. The highest BCUT2D eigenvalue weighted by Gasteiger charge is 2.33. The van der Waals surface area contributed by atoms with Crippen molar-refractivity contribution in [2.45, 2.75) is 24.9 Å². The molecule has 4 rings (SSSR count). The molecule has 1 aliphatic heterocycles. The van der Waals surface area contributed by atoms with Crippen molar-refractivity contribution in [1.82, 2.24) is 15.1 Å². The lowest BCUT2D eigenvalue weighted by atomic mass is 9.76. The third-order valence-electron chi connectivity index (χ3n) is 5.18. The maximum Gasteiger partial charge on any atom is 0.250 e. The van der Waals surface area contributed by atoms with Gasteiger partial charge in [-0.3, -0.25) is 4.79 Å². The number of alkyl halides is 1. The molecule has 1 saturated heterocycles. The van der Waals surface area contributed by atoms with Crippen LogP contribution in [0.15, 0.2) is 48.7 Å². The van der Waals surface area contributed by atoms with E-state index in [0.717, 1.165) is 23.2 Å². The summed E-state index contributed by atoms with van der Waals surface area (Å²) in [7, 11) is 0. The molecule has 5 nitrogen and oxygen atoms in total. The van der Waals surface area contributed by atoms with Gasteiger partial charge in [0.15, 0.2) is 0 Å². The van der Waals surface area contributed by atoms with Gasteiger partial charge in [-0.25, -0.2) is 9.07 Å². The molecular weight excluding hydrogens is 331 g/mol. The second-order valence-corrected chi connectivity index (χ2v) is 7.22. The highest BCUT2D eigenvalue weighted by molar-refractivity contribution is 6.04. The molecule has 0 saturated carbocycles. The molecule has 1 aromatic heterocycles. The summed E-state index contributed by atoms with van der Waals surface area (Å²) in [5.74, 6) is -0.491.